The van der Waals surface area contributed by atoms with Crippen molar-refractivity contribution in [3.05, 3.63) is 28.9 Å². The summed E-state index contributed by atoms with van der Waals surface area (Å²) in [7, 11) is 0. The summed E-state index contributed by atoms with van der Waals surface area (Å²) in [5, 5.41) is 3.38. The molecule has 0 saturated heterocycles. The van der Waals surface area contributed by atoms with E-state index in [-0.39, 0.29) is 17.2 Å². The highest BCUT2D eigenvalue weighted by molar-refractivity contribution is 7.16. The van der Waals surface area contributed by atoms with E-state index in [0.29, 0.717) is 11.0 Å². The van der Waals surface area contributed by atoms with Gasteiger partial charge in [0.05, 0.1) is 6.20 Å². The molecule has 118 valence electrons. The van der Waals surface area contributed by atoms with E-state index in [2.05, 4.69) is 36.1 Å². The molecule has 0 bridgehead atoms. The highest BCUT2D eigenvalue weighted by Crippen LogP contribution is 2.24. The Morgan fingerprint density at radius 3 is 2.59 bits per heavy atom. The molecular weight excluding hydrogens is 298 g/mol. The van der Waals surface area contributed by atoms with Crippen molar-refractivity contribution in [2.75, 3.05) is 5.32 Å². The molecular formula is C16H21N3O2S. The summed E-state index contributed by atoms with van der Waals surface area (Å²) in [6.07, 6.45) is 7.14. The number of nitrogens with one attached hydrogen (secondary N) is 1. The van der Waals surface area contributed by atoms with Crippen LogP contribution in [0.1, 0.15) is 51.1 Å². The van der Waals surface area contributed by atoms with Gasteiger partial charge < -0.3 is 9.73 Å². The zero-order chi connectivity index (χ0) is 16.3. The molecule has 2 aromatic heterocycles. The number of carbonyl (C=O) groups excluding carboxylic acids is 1. The molecule has 5 nitrogen and oxygen atoms in total. The monoisotopic (exact) mass is 319 g/mol. The van der Waals surface area contributed by atoms with Gasteiger partial charge in [-0.2, -0.15) is 0 Å². The van der Waals surface area contributed by atoms with Gasteiger partial charge >= 0.3 is 0 Å². The lowest BCUT2D eigenvalue weighted by atomic mass is 9.94. The third kappa shape index (κ3) is 4.27. The number of oxazole rings is 1. The molecule has 0 unspecified atom stereocenters. The van der Waals surface area contributed by atoms with E-state index < -0.39 is 0 Å². The van der Waals surface area contributed by atoms with Crippen LogP contribution in [0.5, 0.6) is 0 Å². The molecule has 0 saturated carbocycles. The SMILES string of the molecule is CC(C)C(=O)Nc1ncc(/C=C\c2ncc(C(C)(C)C)o2)s1. The number of nitrogens with zero attached hydrogens (tertiary/aromatic N) is 2. The lowest BCUT2D eigenvalue weighted by molar-refractivity contribution is -0.118. The summed E-state index contributed by atoms with van der Waals surface area (Å²) < 4.78 is 5.69. The van der Waals surface area contributed by atoms with Crippen LogP contribution in [0.25, 0.3) is 12.2 Å². The number of thiazole rings is 1. The Kier molecular flexibility index (Phi) is 4.81. The summed E-state index contributed by atoms with van der Waals surface area (Å²) in [5.74, 6) is 1.31. The maximum Gasteiger partial charge on any atom is 0.228 e. The first-order valence-electron chi connectivity index (χ1n) is 7.17. The van der Waals surface area contributed by atoms with Crippen LogP contribution in [-0.4, -0.2) is 15.9 Å². The molecule has 2 rings (SSSR count). The van der Waals surface area contributed by atoms with Gasteiger partial charge in [0.15, 0.2) is 5.13 Å². The third-order valence-corrected chi connectivity index (χ3v) is 3.81. The van der Waals surface area contributed by atoms with Crippen LogP contribution in [0.15, 0.2) is 16.8 Å². The Morgan fingerprint density at radius 2 is 2.00 bits per heavy atom. The van der Waals surface area contributed by atoms with Crippen molar-refractivity contribution in [2.45, 2.75) is 40.0 Å². The van der Waals surface area contributed by atoms with Gasteiger partial charge in [-0.25, -0.2) is 9.97 Å². The molecule has 0 fully saturated rings. The van der Waals surface area contributed by atoms with Crippen molar-refractivity contribution < 1.29 is 9.21 Å². The van der Waals surface area contributed by atoms with E-state index in [1.54, 1.807) is 18.5 Å². The maximum atomic E-state index is 11.6. The van der Waals surface area contributed by atoms with Gasteiger partial charge in [0, 0.05) is 28.5 Å². The predicted molar refractivity (Wildman–Crippen MR) is 89.7 cm³/mol. The smallest absolute Gasteiger partial charge is 0.228 e. The lowest BCUT2D eigenvalue weighted by Crippen LogP contribution is -2.17. The van der Waals surface area contributed by atoms with Gasteiger partial charge in [-0.3, -0.25) is 4.79 Å². The number of aromatic nitrogens is 2. The molecule has 0 radical (unpaired) electrons. The quantitative estimate of drug-likeness (QED) is 0.917. The fraction of sp³-hybridized carbons (Fsp3) is 0.438. The summed E-state index contributed by atoms with van der Waals surface area (Å²) in [5.41, 5.74) is -0.0577. The van der Waals surface area contributed by atoms with E-state index in [0.717, 1.165) is 10.6 Å². The number of hydrogen-bond acceptors (Lipinski definition) is 5. The van der Waals surface area contributed by atoms with Crippen LogP contribution in [0, 0.1) is 5.92 Å². The van der Waals surface area contributed by atoms with Gasteiger partial charge in [0.2, 0.25) is 11.8 Å². The molecule has 1 amide bonds. The Labute approximate surface area is 134 Å². The van der Waals surface area contributed by atoms with Crippen LogP contribution < -0.4 is 5.32 Å². The van der Waals surface area contributed by atoms with Crippen LogP contribution in [-0.2, 0) is 10.2 Å². The minimum Gasteiger partial charge on any atom is -0.441 e. The van der Waals surface area contributed by atoms with Crippen LogP contribution >= 0.6 is 11.3 Å². The van der Waals surface area contributed by atoms with Gasteiger partial charge in [-0.15, -0.1) is 0 Å². The first-order valence-corrected chi connectivity index (χ1v) is 7.98. The number of hydrogen-bond donors (Lipinski definition) is 1. The average Bonchev–Trinajstić information content (AvgIpc) is 3.04. The molecule has 6 heteroatoms. The van der Waals surface area contributed by atoms with E-state index in [9.17, 15) is 4.79 Å². The van der Waals surface area contributed by atoms with E-state index in [4.69, 9.17) is 4.42 Å². The van der Waals surface area contributed by atoms with Crippen molar-refractivity contribution in [3.8, 4) is 0 Å². The highest BCUT2D eigenvalue weighted by atomic mass is 32.1. The first kappa shape index (κ1) is 16.4. The van der Waals surface area contributed by atoms with Crippen molar-refractivity contribution >= 4 is 34.5 Å². The molecule has 0 aliphatic heterocycles. The molecule has 22 heavy (non-hydrogen) atoms. The third-order valence-electron chi connectivity index (χ3n) is 2.93. The lowest BCUT2D eigenvalue weighted by Gasteiger charge is -2.12. The minimum absolute atomic E-state index is 0.0348. The predicted octanol–water partition coefficient (Wildman–Crippen LogP) is 4.19. The molecule has 0 aliphatic rings. The van der Waals surface area contributed by atoms with Crippen LogP contribution in [0.4, 0.5) is 5.13 Å². The van der Waals surface area contributed by atoms with Crippen molar-refractivity contribution in [3.63, 3.8) is 0 Å². The molecule has 2 heterocycles. The molecule has 0 aliphatic carbocycles. The largest absolute Gasteiger partial charge is 0.441 e. The fourth-order valence-electron chi connectivity index (χ4n) is 1.54. The fourth-order valence-corrected chi connectivity index (χ4v) is 2.26. The zero-order valence-corrected chi connectivity index (χ0v) is 14.3. The van der Waals surface area contributed by atoms with Gasteiger partial charge in [-0.05, 0) is 6.08 Å². The topological polar surface area (TPSA) is 68.0 Å². The van der Waals surface area contributed by atoms with E-state index in [1.807, 2.05) is 19.9 Å². The molecule has 1 N–H and O–H groups in total. The van der Waals surface area contributed by atoms with Gasteiger partial charge in [-0.1, -0.05) is 46.0 Å². The summed E-state index contributed by atoms with van der Waals surface area (Å²) in [4.78, 5) is 21.0. The van der Waals surface area contributed by atoms with E-state index in [1.165, 1.54) is 11.3 Å². The molecule has 0 spiro atoms. The Morgan fingerprint density at radius 1 is 1.27 bits per heavy atom. The van der Waals surface area contributed by atoms with Crippen LogP contribution in [0.3, 0.4) is 0 Å². The van der Waals surface area contributed by atoms with Gasteiger partial charge in [0.1, 0.15) is 5.76 Å². The molecule has 2 aromatic rings. The second kappa shape index (κ2) is 6.44. The van der Waals surface area contributed by atoms with Crippen LogP contribution in [0.2, 0.25) is 0 Å². The van der Waals surface area contributed by atoms with Crippen molar-refractivity contribution in [1.82, 2.24) is 9.97 Å². The van der Waals surface area contributed by atoms with Crippen molar-refractivity contribution in [2.24, 2.45) is 5.92 Å². The second-order valence-corrected chi connectivity index (χ2v) is 7.42. The minimum atomic E-state index is -0.0639. The molecule has 0 atom stereocenters. The number of rotatable bonds is 4. The first-order chi connectivity index (χ1) is 10.3. The number of anilines is 1. The normalized spacial score (nSPS) is 12.3. The zero-order valence-electron chi connectivity index (χ0n) is 13.5. The van der Waals surface area contributed by atoms with Crippen molar-refractivity contribution in [1.29, 1.82) is 0 Å². The Balaban J connectivity index is 2.03. The van der Waals surface area contributed by atoms with Gasteiger partial charge in [0.25, 0.3) is 0 Å². The summed E-state index contributed by atoms with van der Waals surface area (Å²) >= 11 is 1.41. The summed E-state index contributed by atoms with van der Waals surface area (Å²) in [6.45, 7) is 9.92. The van der Waals surface area contributed by atoms with E-state index >= 15 is 0 Å². The standard InChI is InChI=1S/C16H21N3O2S/c1-10(2)14(20)19-15-18-8-11(22-15)6-7-13-17-9-12(21-13)16(3,4)5/h6-10H,1-5H3,(H,18,19,20)/b7-6-. The second-order valence-electron chi connectivity index (χ2n) is 6.36. The number of carbonyl (C=O) groups is 1. The Hall–Kier alpha value is -1.95. The maximum absolute atomic E-state index is 11.6. The molecule has 0 aromatic carbocycles. The number of amides is 1. The summed E-state index contributed by atoms with van der Waals surface area (Å²) in [6, 6.07) is 0. The highest BCUT2D eigenvalue weighted by Gasteiger charge is 2.18. The average molecular weight is 319 g/mol. The Bertz CT molecular complexity index is 678.